The van der Waals surface area contributed by atoms with Crippen LogP contribution in [0.1, 0.15) is 33.7 Å². The number of carbonyl (C=O) groups is 2. The number of rotatable bonds is 4. The maximum Gasteiger partial charge on any atom is 0.278 e. The molecule has 7 heteroatoms. The van der Waals surface area contributed by atoms with Gasteiger partial charge < -0.3 is 14.6 Å². The number of aromatic nitrogens is 1. The molecular weight excluding hydrogens is 361 g/mol. The summed E-state index contributed by atoms with van der Waals surface area (Å²) in [6.45, 7) is 1.42. The lowest BCUT2D eigenvalue weighted by Crippen LogP contribution is -2.28. The molecule has 0 radical (unpaired) electrons. The first kappa shape index (κ1) is 17.9. The number of likely N-dealkylation sites (tertiary alicyclic amines) is 1. The maximum atomic E-state index is 14.1. The van der Waals surface area contributed by atoms with Gasteiger partial charge in [0.2, 0.25) is 0 Å². The van der Waals surface area contributed by atoms with Crippen molar-refractivity contribution >= 4 is 17.5 Å². The quantitative estimate of drug-likeness (QED) is 0.744. The molecule has 1 N–H and O–H groups in total. The number of hydrogen-bond acceptors (Lipinski definition) is 4. The zero-order valence-electron chi connectivity index (χ0n) is 15.0. The number of benzene rings is 2. The van der Waals surface area contributed by atoms with Crippen LogP contribution >= 0.6 is 0 Å². The Hall–Kier alpha value is -3.48. The molecule has 0 spiro atoms. The van der Waals surface area contributed by atoms with E-state index < -0.39 is 11.7 Å². The SMILES string of the molecule is O=C(Nc1ccccc1C(=O)N1CCCC1)c1ncoc1-c1ccccc1F. The normalized spacial score (nSPS) is 13.5. The fourth-order valence-electron chi connectivity index (χ4n) is 3.30. The molecule has 1 saturated heterocycles. The summed E-state index contributed by atoms with van der Waals surface area (Å²) in [5.74, 6) is -1.17. The summed E-state index contributed by atoms with van der Waals surface area (Å²) in [5.41, 5.74) is 0.890. The first-order valence-electron chi connectivity index (χ1n) is 9.03. The van der Waals surface area contributed by atoms with Gasteiger partial charge in [-0.05, 0) is 37.1 Å². The van der Waals surface area contributed by atoms with Gasteiger partial charge in [-0.15, -0.1) is 0 Å². The zero-order valence-corrected chi connectivity index (χ0v) is 15.0. The van der Waals surface area contributed by atoms with E-state index in [0.717, 1.165) is 19.2 Å². The third-order valence-electron chi connectivity index (χ3n) is 4.70. The van der Waals surface area contributed by atoms with Crippen molar-refractivity contribution < 1.29 is 18.4 Å². The Morgan fingerprint density at radius 1 is 1.04 bits per heavy atom. The number of oxazole rings is 1. The number of anilines is 1. The summed E-state index contributed by atoms with van der Waals surface area (Å²) in [6.07, 6.45) is 3.05. The predicted octanol–water partition coefficient (Wildman–Crippen LogP) is 3.97. The van der Waals surface area contributed by atoms with E-state index in [1.165, 1.54) is 12.1 Å². The summed E-state index contributed by atoms with van der Waals surface area (Å²) in [5, 5.41) is 2.72. The van der Waals surface area contributed by atoms with E-state index in [9.17, 15) is 14.0 Å². The summed E-state index contributed by atoms with van der Waals surface area (Å²) >= 11 is 0. The molecule has 0 bridgehead atoms. The Balaban J connectivity index is 1.62. The van der Waals surface area contributed by atoms with Crippen LogP contribution in [0.4, 0.5) is 10.1 Å². The number of nitrogens with one attached hydrogen (secondary N) is 1. The van der Waals surface area contributed by atoms with E-state index in [4.69, 9.17) is 4.42 Å². The van der Waals surface area contributed by atoms with Gasteiger partial charge in [0.1, 0.15) is 5.82 Å². The Labute approximate surface area is 161 Å². The van der Waals surface area contributed by atoms with Crippen LogP contribution in [0.2, 0.25) is 0 Å². The van der Waals surface area contributed by atoms with Crippen molar-refractivity contribution in [1.82, 2.24) is 9.88 Å². The summed E-state index contributed by atoms with van der Waals surface area (Å²) in [4.78, 5) is 31.3. The number of nitrogens with zero attached hydrogens (tertiary/aromatic N) is 2. The summed E-state index contributed by atoms with van der Waals surface area (Å²) < 4.78 is 19.4. The lowest BCUT2D eigenvalue weighted by atomic mass is 10.1. The van der Waals surface area contributed by atoms with Crippen LogP contribution in [-0.4, -0.2) is 34.8 Å². The fourth-order valence-corrected chi connectivity index (χ4v) is 3.30. The van der Waals surface area contributed by atoms with Crippen LogP contribution in [0.15, 0.2) is 59.3 Å². The molecule has 1 aliphatic heterocycles. The van der Waals surface area contributed by atoms with Gasteiger partial charge in [-0.3, -0.25) is 9.59 Å². The average molecular weight is 379 g/mol. The van der Waals surface area contributed by atoms with Crippen LogP contribution in [0.5, 0.6) is 0 Å². The average Bonchev–Trinajstić information content (AvgIpc) is 3.40. The largest absolute Gasteiger partial charge is 0.443 e. The molecule has 0 saturated carbocycles. The highest BCUT2D eigenvalue weighted by atomic mass is 19.1. The van der Waals surface area contributed by atoms with Crippen molar-refractivity contribution in [1.29, 1.82) is 0 Å². The second-order valence-electron chi connectivity index (χ2n) is 6.51. The highest BCUT2D eigenvalue weighted by Crippen LogP contribution is 2.27. The van der Waals surface area contributed by atoms with Crippen LogP contribution in [0, 0.1) is 5.82 Å². The highest BCUT2D eigenvalue weighted by Gasteiger charge is 2.25. The second-order valence-corrected chi connectivity index (χ2v) is 6.51. The van der Waals surface area contributed by atoms with E-state index in [0.29, 0.717) is 24.3 Å². The van der Waals surface area contributed by atoms with E-state index in [1.54, 1.807) is 41.3 Å². The molecule has 1 fully saturated rings. The topological polar surface area (TPSA) is 75.4 Å². The van der Waals surface area contributed by atoms with Crippen LogP contribution in [0.25, 0.3) is 11.3 Å². The van der Waals surface area contributed by atoms with Gasteiger partial charge in [-0.2, -0.15) is 0 Å². The third kappa shape index (κ3) is 3.38. The van der Waals surface area contributed by atoms with Gasteiger partial charge in [0.05, 0.1) is 16.8 Å². The van der Waals surface area contributed by atoms with Gasteiger partial charge in [0.15, 0.2) is 17.8 Å². The van der Waals surface area contributed by atoms with Crippen molar-refractivity contribution in [2.75, 3.05) is 18.4 Å². The molecule has 0 unspecified atom stereocenters. The van der Waals surface area contributed by atoms with Crippen molar-refractivity contribution in [2.24, 2.45) is 0 Å². The van der Waals surface area contributed by atoms with E-state index >= 15 is 0 Å². The zero-order chi connectivity index (χ0) is 19.5. The summed E-state index contributed by atoms with van der Waals surface area (Å²) in [6, 6.07) is 12.8. The fraction of sp³-hybridized carbons (Fsp3) is 0.190. The molecule has 1 aliphatic rings. The van der Waals surface area contributed by atoms with Crippen molar-refractivity contribution in [3.8, 4) is 11.3 Å². The van der Waals surface area contributed by atoms with Crippen LogP contribution < -0.4 is 5.32 Å². The third-order valence-corrected chi connectivity index (χ3v) is 4.70. The van der Waals surface area contributed by atoms with Crippen LogP contribution in [0.3, 0.4) is 0 Å². The predicted molar refractivity (Wildman–Crippen MR) is 101 cm³/mol. The molecule has 6 nitrogen and oxygen atoms in total. The number of amides is 2. The molecule has 2 aromatic carbocycles. The molecule has 142 valence electrons. The highest BCUT2D eigenvalue weighted by molar-refractivity contribution is 6.10. The maximum absolute atomic E-state index is 14.1. The Morgan fingerprint density at radius 2 is 1.75 bits per heavy atom. The molecule has 3 aromatic rings. The Morgan fingerprint density at radius 3 is 2.54 bits per heavy atom. The lowest BCUT2D eigenvalue weighted by Gasteiger charge is -2.17. The Bertz CT molecular complexity index is 1020. The molecule has 1 aromatic heterocycles. The second kappa shape index (κ2) is 7.64. The molecule has 0 atom stereocenters. The van der Waals surface area contributed by atoms with Crippen molar-refractivity contribution in [3.05, 3.63) is 72.0 Å². The molecule has 0 aliphatic carbocycles. The molecule has 2 amide bonds. The monoisotopic (exact) mass is 379 g/mol. The van der Waals surface area contributed by atoms with Gasteiger partial charge in [-0.1, -0.05) is 24.3 Å². The molecule has 28 heavy (non-hydrogen) atoms. The first-order valence-corrected chi connectivity index (χ1v) is 9.03. The van der Waals surface area contributed by atoms with Crippen molar-refractivity contribution in [2.45, 2.75) is 12.8 Å². The van der Waals surface area contributed by atoms with Gasteiger partial charge in [-0.25, -0.2) is 9.37 Å². The minimum absolute atomic E-state index is 0.0407. The van der Waals surface area contributed by atoms with Crippen molar-refractivity contribution in [3.63, 3.8) is 0 Å². The molecule has 2 heterocycles. The molecule has 4 rings (SSSR count). The molecular formula is C21H18FN3O3. The van der Waals surface area contributed by atoms with Gasteiger partial charge >= 0.3 is 0 Å². The van der Waals surface area contributed by atoms with E-state index in [-0.39, 0.29) is 22.9 Å². The Kier molecular flexibility index (Phi) is 4.89. The minimum atomic E-state index is -0.575. The van der Waals surface area contributed by atoms with E-state index in [2.05, 4.69) is 10.3 Å². The standard InChI is InChI=1S/C21H18FN3O3/c22-16-9-3-1-7-14(16)19-18(23-13-28-19)20(26)24-17-10-4-2-8-15(17)21(27)25-11-5-6-12-25/h1-4,7-10,13H,5-6,11-12H2,(H,24,26). The number of para-hydroxylation sites is 1. The number of carbonyl (C=O) groups excluding carboxylic acids is 2. The van der Waals surface area contributed by atoms with E-state index in [1.807, 2.05) is 0 Å². The minimum Gasteiger partial charge on any atom is -0.443 e. The number of hydrogen-bond donors (Lipinski definition) is 1. The van der Waals surface area contributed by atoms with Gasteiger partial charge in [0, 0.05) is 13.1 Å². The smallest absolute Gasteiger partial charge is 0.278 e. The van der Waals surface area contributed by atoms with Crippen LogP contribution in [-0.2, 0) is 0 Å². The summed E-state index contributed by atoms with van der Waals surface area (Å²) in [7, 11) is 0. The van der Waals surface area contributed by atoms with Gasteiger partial charge in [0.25, 0.3) is 11.8 Å². The number of halogens is 1. The first-order chi connectivity index (χ1) is 13.6. The lowest BCUT2D eigenvalue weighted by molar-refractivity contribution is 0.0794.